The van der Waals surface area contributed by atoms with Gasteiger partial charge in [0, 0.05) is 30.6 Å². The van der Waals surface area contributed by atoms with Gasteiger partial charge in [0.1, 0.15) is 0 Å². The maximum atomic E-state index is 11.3. The van der Waals surface area contributed by atoms with Crippen LogP contribution in [-0.2, 0) is 24.0 Å². The van der Waals surface area contributed by atoms with Crippen LogP contribution in [-0.4, -0.2) is 31.5 Å². The number of fused-ring (bicyclic) bond motifs is 1. The molecule has 0 amide bonds. The highest BCUT2D eigenvalue weighted by Gasteiger charge is 2.17. The second kappa shape index (κ2) is 3.59. The summed E-state index contributed by atoms with van der Waals surface area (Å²) < 4.78 is 13.3. The molecule has 1 aliphatic rings. The molecule has 2 heterocycles. The van der Waals surface area contributed by atoms with Gasteiger partial charge in [-0.05, 0) is 12.8 Å². The maximum Gasteiger partial charge on any atom is 0.0913 e. The minimum Gasteiger partial charge on any atom is -0.282 e. The van der Waals surface area contributed by atoms with Gasteiger partial charge in [0.15, 0.2) is 0 Å². The number of rotatable bonds is 1. The topological polar surface area (TPSA) is 49.0 Å². The number of hydrogen-bond acceptors (Lipinski definition) is 2. The number of H-pyrrole nitrogens is 1. The summed E-state index contributed by atoms with van der Waals surface area (Å²) in [6, 6.07) is 0. The van der Waals surface area contributed by atoms with E-state index in [-0.39, 0.29) is 0 Å². The number of aromatic amines is 1. The highest BCUT2D eigenvalue weighted by Crippen LogP contribution is 2.16. The molecule has 0 saturated carbocycles. The van der Waals surface area contributed by atoms with Crippen molar-refractivity contribution in [2.24, 2.45) is 0 Å². The molecule has 1 aromatic heterocycles. The van der Waals surface area contributed by atoms with Gasteiger partial charge in [-0.2, -0.15) is 5.10 Å². The fourth-order valence-electron chi connectivity index (χ4n) is 1.61. The molecule has 5 heteroatoms. The highest BCUT2D eigenvalue weighted by atomic mass is 32.2. The molecule has 0 aliphatic carbocycles. The van der Waals surface area contributed by atoms with Crippen LogP contribution in [0, 0.1) is 0 Å². The zero-order valence-electron chi connectivity index (χ0n) is 7.62. The Hall–Kier alpha value is -0.680. The summed E-state index contributed by atoms with van der Waals surface area (Å²) in [7, 11) is -0.863. The minimum atomic E-state index is -0.863. The van der Waals surface area contributed by atoms with Gasteiger partial charge in [-0.3, -0.25) is 5.10 Å². The molecule has 0 radical (unpaired) electrons. The van der Waals surface area contributed by atoms with Crippen LogP contribution < -0.4 is 0 Å². The number of hydrogen-bond donors (Lipinski definition) is 1. The second-order valence-corrected chi connectivity index (χ2v) is 4.63. The zero-order valence-corrected chi connectivity index (χ0v) is 8.43. The van der Waals surface area contributed by atoms with Gasteiger partial charge in [0.05, 0.1) is 17.2 Å². The number of nitrogens with one attached hydrogen (secondary N) is 1. The van der Waals surface area contributed by atoms with Crippen molar-refractivity contribution < 1.29 is 4.21 Å². The van der Waals surface area contributed by atoms with Crippen molar-refractivity contribution in [2.45, 2.75) is 19.4 Å². The van der Waals surface area contributed by atoms with E-state index in [2.05, 4.69) is 10.2 Å². The molecule has 13 heavy (non-hydrogen) atoms. The third-order valence-corrected chi connectivity index (χ3v) is 3.39. The summed E-state index contributed by atoms with van der Waals surface area (Å²) in [6.45, 7) is 1.67. The van der Waals surface area contributed by atoms with Crippen LogP contribution in [0.3, 0.4) is 0 Å². The van der Waals surface area contributed by atoms with E-state index in [0.29, 0.717) is 0 Å². The van der Waals surface area contributed by atoms with Crippen LogP contribution >= 0.6 is 0 Å². The molecule has 0 spiro atoms. The average molecular weight is 199 g/mol. The van der Waals surface area contributed by atoms with Crippen molar-refractivity contribution in [2.75, 3.05) is 12.8 Å². The van der Waals surface area contributed by atoms with Crippen LogP contribution in [0.25, 0.3) is 0 Å². The van der Waals surface area contributed by atoms with Gasteiger partial charge in [-0.1, -0.05) is 0 Å². The lowest BCUT2D eigenvalue weighted by molar-refractivity contribution is 0.446. The molecule has 0 saturated heterocycles. The lowest BCUT2D eigenvalue weighted by atomic mass is 10.2. The Balaban J connectivity index is 2.21. The molecule has 2 rings (SSSR count). The molecule has 0 aromatic carbocycles. The van der Waals surface area contributed by atoms with Crippen molar-refractivity contribution in [1.82, 2.24) is 14.5 Å². The fraction of sp³-hybridized carbons (Fsp3) is 0.625. The van der Waals surface area contributed by atoms with Gasteiger partial charge in [0.2, 0.25) is 0 Å². The predicted octanol–water partition coefficient (Wildman–Crippen LogP) is 0.451. The van der Waals surface area contributed by atoms with Crippen LogP contribution in [0.1, 0.15) is 17.7 Å². The summed E-state index contributed by atoms with van der Waals surface area (Å²) >= 11 is 0. The SMILES string of the molecule is CS(=O)N1CCCc2[nH]ncc2C1. The molecule has 0 fully saturated rings. The summed E-state index contributed by atoms with van der Waals surface area (Å²) in [5.41, 5.74) is 2.39. The first-order valence-electron chi connectivity index (χ1n) is 4.37. The largest absolute Gasteiger partial charge is 0.282 e. The Bertz CT molecular complexity index is 323. The molecule has 1 atom stereocenters. The van der Waals surface area contributed by atoms with Crippen LogP contribution in [0.4, 0.5) is 0 Å². The molecule has 4 nitrogen and oxygen atoms in total. The Morgan fingerprint density at radius 1 is 1.69 bits per heavy atom. The van der Waals surface area contributed by atoms with Gasteiger partial charge in [-0.15, -0.1) is 0 Å². The van der Waals surface area contributed by atoms with Crippen molar-refractivity contribution in [1.29, 1.82) is 0 Å². The Morgan fingerprint density at radius 2 is 2.54 bits per heavy atom. The van der Waals surface area contributed by atoms with E-state index in [9.17, 15) is 4.21 Å². The number of nitrogens with zero attached hydrogens (tertiary/aromatic N) is 2. The smallest absolute Gasteiger partial charge is 0.0913 e. The number of aryl methyl sites for hydroxylation is 1. The third kappa shape index (κ3) is 1.81. The molecule has 0 bridgehead atoms. The van der Waals surface area contributed by atoms with E-state index < -0.39 is 11.0 Å². The Morgan fingerprint density at radius 3 is 3.31 bits per heavy atom. The molecule has 1 unspecified atom stereocenters. The normalized spacial score (nSPS) is 20.7. The lowest BCUT2D eigenvalue weighted by Gasteiger charge is -2.15. The third-order valence-electron chi connectivity index (χ3n) is 2.35. The predicted molar refractivity (Wildman–Crippen MR) is 51.4 cm³/mol. The van der Waals surface area contributed by atoms with Crippen molar-refractivity contribution >= 4 is 11.0 Å². The molecule has 1 aliphatic heterocycles. The van der Waals surface area contributed by atoms with E-state index >= 15 is 0 Å². The van der Waals surface area contributed by atoms with E-state index in [1.54, 1.807) is 6.26 Å². The highest BCUT2D eigenvalue weighted by molar-refractivity contribution is 7.81. The van der Waals surface area contributed by atoms with E-state index in [1.807, 2.05) is 10.5 Å². The molecule has 1 N–H and O–H groups in total. The first-order valence-corrected chi connectivity index (χ1v) is 5.88. The monoisotopic (exact) mass is 199 g/mol. The maximum absolute atomic E-state index is 11.3. The van der Waals surface area contributed by atoms with E-state index in [1.165, 1.54) is 11.3 Å². The van der Waals surface area contributed by atoms with Gasteiger partial charge in [-0.25, -0.2) is 8.51 Å². The van der Waals surface area contributed by atoms with Crippen molar-refractivity contribution in [3.05, 3.63) is 17.5 Å². The van der Waals surface area contributed by atoms with Crippen LogP contribution in [0.15, 0.2) is 6.20 Å². The van der Waals surface area contributed by atoms with Crippen LogP contribution in [0.5, 0.6) is 0 Å². The first kappa shape index (κ1) is 8.90. The average Bonchev–Trinajstić information content (AvgIpc) is 2.42. The molecule has 72 valence electrons. The van der Waals surface area contributed by atoms with Gasteiger partial charge >= 0.3 is 0 Å². The second-order valence-electron chi connectivity index (χ2n) is 3.26. The Labute approximate surface area is 79.9 Å². The quantitative estimate of drug-likeness (QED) is 0.714. The Kier molecular flexibility index (Phi) is 2.46. The molecular formula is C8H13N3OS. The molecule has 1 aromatic rings. The lowest BCUT2D eigenvalue weighted by Crippen LogP contribution is -2.24. The van der Waals surface area contributed by atoms with E-state index in [0.717, 1.165) is 25.9 Å². The fourth-order valence-corrected chi connectivity index (χ4v) is 2.32. The minimum absolute atomic E-state index is 0.759. The van der Waals surface area contributed by atoms with Crippen LogP contribution in [0.2, 0.25) is 0 Å². The summed E-state index contributed by atoms with van der Waals surface area (Å²) in [4.78, 5) is 0. The standard InChI is InChI=1S/C8H13N3OS/c1-13(12)11-4-2-3-8-7(6-11)5-9-10-8/h5H,2-4,6H2,1H3,(H,9,10). The zero-order chi connectivity index (χ0) is 9.26. The van der Waals surface area contributed by atoms with Gasteiger partial charge in [0.25, 0.3) is 0 Å². The summed E-state index contributed by atoms with van der Waals surface area (Å²) in [6.07, 6.45) is 5.63. The van der Waals surface area contributed by atoms with E-state index in [4.69, 9.17) is 0 Å². The molecular weight excluding hydrogens is 186 g/mol. The van der Waals surface area contributed by atoms with Crippen molar-refractivity contribution in [3.63, 3.8) is 0 Å². The van der Waals surface area contributed by atoms with Crippen molar-refractivity contribution in [3.8, 4) is 0 Å². The summed E-state index contributed by atoms with van der Waals surface area (Å²) in [5.74, 6) is 0. The summed E-state index contributed by atoms with van der Waals surface area (Å²) in [5, 5.41) is 6.97. The first-order chi connectivity index (χ1) is 6.27. The number of aromatic nitrogens is 2. The van der Waals surface area contributed by atoms with Gasteiger partial charge < -0.3 is 0 Å².